The molecule has 0 aliphatic carbocycles. The third-order valence-electron chi connectivity index (χ3n) is 5.47. The largest absolute Gasteiger partial charge is 0.466 e. The molecule has 1 aliphatic heterocycles. The van der Waals surface area contributed by atoms with Crippen molar-refractivity contribution in [2.45, 2.75) is 25.5 Å². The molecule has 26 heavy (non-hydrogen) atoms. The zero-order valence-electron chi connectivity index (χ0n) is 15.2. The second-order valence-corrected chi connectivity index (χ2v) is 6.84. The Morgan fingerprint density at radius 1 is 1.23 bits per heavy atom. The topological polar surface area (TPSA) is 66.8 Å². The number of fused-ring (bicyclic) bond motifs is 1. The Morgan fingerprint density at radius 2 is 1.88 bits per heavy atom. The fourth-order valence-corrected chi connectivity index (χ4v) is 3.57. The molecule has 1 N–H and O–H groups in total. The van der Waals surface area contributed by atoms with E-state index in [2.05, 4.69) is 11.3 Å². The van der Waals surface area contributed by atoms with Crippen LogP contribution in [0.4, 0.5) is 0 Å². The van der Waals surface area contributed by atoms with E-state index >= 15 is 0 Å². The van der Waals surface area contributed by atoms with E-state index in [-0.39, 0.29) is 18.2 Å². The Morgan fingerprint density at radius 3 is 2.54 bits per heavy atom. The number of carbonyl (C=O) groups is 2. The molecule has 0 aromatic heterocycles. The first-order valence-electron chi connectivity index (χ1n) is 8.59. The lowest BCUT2D eigenvalue weighted by Gasteiger charge is -2.51. The zero-order valence-corrected chi connectivity index (χ0v) is 15.2. The Kier molecular flexibility index (Phi) is 4.59. The molecule has 3 atom stereocenters. The Labute approximate surface area is 152 Å². The summed E-state index contributed by atoms with van der Waals surface area (Å²) in [6, 6.07) is 13.8. The van der Waals surface area contributed by atoms with Crippen LogP contribution < -0.4 is 0 Å². The maximum absolute atomic E-state index is 12.8. The van der Waals surface area contributed by atoms with Crippen LogP contribution in [-0.2, 0) is 14.3 Å². The maximum atomic E-state index is 12.8. The van der Waals surface area contributed by atoms with E-state index in [0.29, 0.717) is 0 Å². The number of esters is 1. The van der Waals surface area contributed by atoms with Crippen LogP contribution in [0, 0.1) is 5.92 Å². The lowest BCUT2D eigenvalue weighted by atomic mass is 9.76. The van der Waals surface area contributed by atoms with Gasteiger partial charge < -0.3 is 14.7 Å². The van der Waals surface area contributed by atoms with E-state index in [9.17, 15) is 14.7 Å². The van der Waals surface area contributed by atoms with Crippen molar-refractivity contribution in [2.24, 2.45) is 5.92 Å². The van der Waals surface area contributed by atoms with Gasteiger partial charge in [0.2, 0.25) is 0 Å². The smallest absolute Gasteiger partial charge is 0.333 e. The number of hydrogen-bond donors (Lipinski definition) is 1. The van der Waals surface area contributed by atoms with E-state index in [0.717, 1.165) is 16.3 Å². The van der Waals surface area contributed by atoms with Crippen molar-refractivity contribution in [3.63, 3.8) is 0 Å². The van der Waals surface area contributed by atoms with E-state index < -0.39 is 23.4 Å². The van der Waals surface area contributed by atoms with Gasteiger partial charge in [-0.1, -0.05) is 56.0 Å². The summed E-state index contributed by atoms with van der Waals surface area (Å²) in [5.41, 5.74) is -0.497. The van der Waals surface area contributed by atoms with Gasteiger partial charge in [0.1, 0.15) is 0 Å². The van der Waals surface area contributed by atoms with Gasteiger partial charge in [-0.15, -0.1) is 0 Å². The number of β-lactam (4-membered cyclic amide) rings is 1. The molecule has 0 saturated carbocycles. The molecule has 1 heterocycles. The number of hydrogen-bond acceptors (Lipinski definition) is 4. The third kappa shape index (κ3) is 2.69. The summed E-state index contributed by atoms with van der Waals surface area (Å²) < 4.78 is 4.65. The van der Waals surface area contributed by atoms with Gasteiger partial charge >= 0.3 is 5.97 Å². The van der Waals surface area contributed by atoms with Crippen molar-refractivity contribution in [2.75, 3.05) is 13.7 Å². The van der Waals surface area contributed by atoms with E-state index in [1.165, 1.54) is 7.11 Å². The first-order chi connectivity index (χ1) is 12.3. The molecule has 1 fully saturated rings. The standard InChI is InChI=1S/C21H23NO4/c1-13(19(23)26-4)14(2)21(25)12-22(20(21)24)15(3)17-11-7-9-16-8-5-6-10-18(16)17/h5-11,14-15,25H,1,12H2,2-4H3/t14-,15+,21-/m0/s1. The van der Waals surface area contributed by atoms with Gasteiger partial charge in [-0.25, -0.2) is 4.79 Å². The number of nitrogens with zero attached hydrogens (tertiary/aromatic N) is 1. The summed E-state index contributed by atoms with van der Waals surface area (Å²) in [5.74, 6) is -1.71. The molecule has 2 aromatic carbocycles. The van der Waals surface area contributed by atoms with Gasteiger partial charge in [-0.2, -0.15) is 0 Å². The fourth-order valence-electron chi connectivity index (χ4n) is 3.57. The molecule has 3 rings (SSSR count). The normalized spacial score (nSPS) is 21.8. The summed E-state index contributed by atoms with van der Waals surface area (Å²) in [5, 5.41) is 13.0. The molecule has 1 saturated heterocycles. The lowest BCUT2D eigenvalue weighted by Crippen LogP contribution is -2.70. The number of aliphatic hydroxyl groups is 1. The SMILES string of the molecule is C=C(C(=O)OC)[C@H](C)[C@@]1(O)CN([C@H](C)c2cccc3ccccc23)C1=O. The number of β-amino-alcohol motifs (C(OH)–C–C–N with tert-alkyl or cyclic N) is 1. The van der Waals surface area contributed by atoms with Gasteiger partial charge in [0, 0.05) is 11.5 Å². The van der Waals surface area contributed by atoms with Crippen LogP contribution in [0.5, 0.6) is 0 Å². The molecule has 1 amide bonds. The quantitative estimate of drug-likeness (QED) is 0.510. The Bertz CT molecular complexity index is 885. The van der Waals surface area contributed by atoms with E-state index in [1.54, 1.807) is 11.8 Å². The van der Waals surface area contributed by atoms with Crippen molar-refractivity contribution in [1.82, 2.24) is 4.90 Å². The number of likely N-dealkylation sites (tertiary alicyclic amines) is 1. The number of benzene rings is 2. The zero-order chi connectivity index (χ0) is 19.1. The van der Waals surface area contributed by atoms with Gasteiger partial charge in [0.15, 0.2) is 5.60 Å². The molecule has 5 nitrogen and oxygen atoms in total. The minimum absolute atomic E-state index is 0.0980. The van der Waals surface area contributed by atoms with Gasteiger partial charge in [-0.05, 0) is 23.3 Å². The minimum atomic E-state index is -1.62. The van der Waals surface area contributed by atoms with Crippen molar-refractivity contribution < 1.29 is 19.4 Å². The van der Waals surface area contributed by atoms with Crippen molar-refractivity contribution in [1.29, 1.82) is 0 Å². The fraction of sp³-hybridized carbons (Fsp3) is 0.333. The second-order valence-electron chi connectivity index (χ2n) is 6.84. The minimum Gasteiger partial charge on any atom is -0.466 e. The molecule has 1 aliphatic rings. The van der Waals surface area contributed by atoms with Crippen LogP contribution in [0.1, 0.15) is 25.5 Å². The molecular weight excluding hydrogens is 330 g/mol. The summed E-state index contributed by atoms with van der Waals surface area (Å²) >= 11 is 0. The Balaban J connectivity index is 1.83. The number of amides is 1. The highest BCUT2D eigenvalue weighted by molar-refractivity contribution is 5.96. The molecule has 136 valence electrons. The molecule has 0 spiro atoms. The number of methoxy groups -OCH3 is 1. The number of carbonyl (C=O) groups excluding carboxylic acids is 2. The average molecular weight is 353 g/mol. The average Bonchev–Trinajstić information content (AvgIpc) is 2.68. The molecule has 2 aromatic rings. The maximum Gasteiger partial charge on any atom is 0.333 e. The van der Waals surface area contributed by atoms with Crippen LogP contribution >= 0.6 is 0 Å². The summed E-state index contributed by atoms with van der Waals surface area (Å²) in [4.78, 5) is 26.1. The third-order valence-corrected chi connectivity index (χ3v) is 5.47. The summed E-state index contributed by atoms with van der Waals surface area (Å²) in [7, 11) is 1.25. The van der Waals surface area contributed by atoms with Crippen LogP contribution in [0.25, 0.3) is 10.8 Å². The van der Waals surface area contributed by atoms with Gasteiger partial charge in [-0.3, -0.25) is 4.79 Å². The molecule has 0 bridgehead atoms. The monoisotopic (exact) mass is 353 g/mol. The van der Waals surface area contributed by atoms with Crippen LogP contribution in [0.3, 0.4) is 0 Å². The highest BCUT2D eigenvalue weighted by atomic mass is 16.5. The molecule has 5 heteroatoms. The van der Waals surface area contributed by atoms with Crippen molar-refractivity contribution >= 4 is 22.6 Å². The summed E-state index contributed by atoms with van der Waals surface area (Å²) in [6.45, 7) is 7.38. The van der Waals surface area contributed by atoms with Crippen LogP contribution in [0.15, 0.2) is 54.6 Å². The van der Waals surface area contributed by atoms with Crippen molar-refractivity contribution in [3.8, 4) is 0 Å². The van der Waals surface area contributed by atoms with Crippen LogP contribution in [-0.4, -0.2) is 41.1 Å². The van der Waals surface area contributed by atoms with Crippen molar-refractivity contribution in [3.05, 3.63) is 60.2 Å². The van der Waals surface area contributed by atoms with E-state index in [1.807, 2.05) is 49.4 Å². The van der Waals surface area contributed by atoms with Gasteiger partial charge in [0.25, 0.3) is 5.91 Å². The molecule has 0 radical (unpaired) electrons. The highest BCUT2D eigenvalue weighted by Crippen LogP contribution is 2.40. The first kappa shape index (κ1) is 18.1. The first-order valence-corrected chi connectivity index (χ1v) is 8.59. The predicted molar refractivity (Wildman–Crippen MR) is 99.3 cm³/mol. The number of ether oxygens (including phenoxy) is 1. The van der Waals surface area contributed by atoms with Gasteiger partial charge in [0.05, 0.1) is 19.7 Å². The lowest BCUT2D eigenvalue weighted by molar-refractivity contribution is -0.187. The number of rotatable bonds is 5. The Hall–Kier alpha value is -2.66. The summed E-state index contributed by atoms with van der Waals surface area (Å²) in [6.07, 6.45) is 0. The molecular formula is C21H23NO4. The van der Waals surface area contributed by atoms with Crippen LogP contribution in [0.2, 0.25) is 0 Å². The predicted octanol–water partition coefficient (Wildman–Crippen LogP) is 2.84. The van der Waals surface area contributed by atoms with E-state index in [4.69, 9.17) is 0 Å². The molecule has 0 unspecified atom stereocenters. The second kappa shape index (κ2) is 6.57. The highest BCUT2D eigenvalue weighted by Gasteiger charge is 2.57.